The largest absolute Gasteiger partial charge is 0.486 e. The quantitative estimate of drug-likeness (QED) is 0.494. The van der Waals surface area contributed by atoms with Crippen molar-refractivity contribution < 1.29 is 18.3 Å². The van der Waals surface area contributed by atoms with Gasteiger partial charge >= 0.3 is 0 Å². The Morgan fingerprint density at radius 2 is 2.16 bits per heavy atom. The summed E-state index contributed by atoms with van der Waals surface area (Å²) in [5.41, 5.74) is 3.63. The van der Waals surface area contributed by atoms with E-state index in [1.54, 1.807) is 6.07 Å². The Kier molecular flexibility index (Phi) is 4.38. The van der Waals surface area contributed by atoms with Crippen LogP contribution in [0.15, 0.2) is 40.9 Å². The molecule has 0 saturated heterocycles. The summed E-state index contributed by atoms with van der Waals surface area (Å²) in [6, 6.07) is 9.12. The summed E-state index contributed by atoms with van der Waals surface area (Å²) in [5.74, 6) is 2.19. The third kappa shape index (κ3) is 3.33. The van der Waals surface area contributed by atoms with Gasteiger partial charge in [-0.2, -0.15) is 0 Å². The second-order valence-corrected chi connectivity index (χ2v) is 8.57. The van der Waals surface area contributed by atoms with Crippen LogP contribution >= 0.6 is 0 Å². The van der Waals surface area contributed by atoms with Crippen molar-refractivity contribution in [2.45, 2.75) is 44.2 Å². The van der Waals surface area contributed by atoms with Gasteiger partial charge in [-0.1, -0.05) is 0 Å². The minimum atomic E-state index is -0.188. The second-order valence-electron chi connectivity index (χ2n) is 8.57. The average molecular weight is 421 g/mol. The number of hydrogen-bond acceptors (Lipinski definition) is 5. The maximum atomic E-state index is 13.7. The second kappa shape index (κ2) is 7.27. The minimum Gasteiger partial charge on any atom is -0.486 e. The molecule has 2 N–H and O–H groups in total. The van der Waals surface area contributed by atoms with E-state index in [1.807, 2.05) is 31.3 Å². The van der Waals surface area contributed by atoms with E-state index in [-0.39, 0.29) is 11.9 Å². The van der Waals surface area contributed by atoms with Gasteiger partial charge in [0.25, 0.3) is 0 Å². The smallest absolute Gasteiger partial charge is 0.207 e. The Balaban J connectivity index is 1.11. The van der Waals surface area contributed by atoms with Gasteiger partial charge in [0.1, 0.15) is 24.0 Å². The molecule has 1 fully saturated rings. The van der Waals surface area contributed by atoms with Gasteiger partial charge < -0.3 is 24.2 Å². The molecule has 6 rings (SSSR count). The lowest BCUT2D eigenvalue weighted by Crippen LogP contribution is -2.41. The number of oxazole rings is 1. The SMILES string of the molecule is Cc1nc2ccc3c(c2o1)O[C@@H](CNC1CCC(c2c[nH]c4ccc(F)cc24)C1)CO3. The normalized spacial score (nSPS) is 23.1. The molecule has 160 valence electrons. The Labute approximate surface area is 178 Å². The van der Waals surface area contributed by atoms with Gasteiger partial charge in [-0.3, -0.25) is 0 Å². The molecule has 3 heterocycles. The van der Waals surface area contributed by atoms with Gasteiger partial charge in [0.05, 0.1) is 0 Å². The molecule has 3 atom stereocenters. The van der Waals surface area contributed by atoms with E-state index < -0.39 is 0 Å². The fourth-order valence-corrected chi connectivity index (χ4v) is 4.97. The Morgan fingerprint density at radius 1 is 1.23 bits per heavy atom. The standard InChI is InChI=1S/C24H24FN3O3/c1-13-28-21-6-7-22-24(23(21)30-13)31-17(12-29-22)10-26-16-4-2-14(8-16)19-11-27-20-5-3-15(25)9-18(19)20/h3,5-7,9,11,14,16-17,26-27H,2,4,8,10,12H2,1H3/t14?,16?,17-/m0/s1. The third-order valence-electron chi connectivity index (χ3n) is 6.47. The lowest BCUT2D eigenvalue weighted by molar-refractivity contribution is 0.0888. The average Bonchev–Trinajstić information content (AvgIpc) is 3.49. The van der Waals surface area contributed by atoms with Crippen LogP contribution in [0, 0.1) is 12.7 Å². The number of hydrogen-bond donors (Lipinski definition) is 2. The van der Waals surface area contributed by atoms with E-state index in [2.05, 4.69) is 15.3 Å². The van der Waals surface area contributed by atoms with Crippen LogP contribution in [-0.4, -0.2) is 35.3 Å². The molecule has 6 nitrogen and oxygen atoms in total. The zero-order chi connectivity index (χ0) is 20.9. The first-order chi connectivity index (χ1) is 15.1. The molecule has 1 aliphatic carbocycles. The van der Waals surface area contributed by atoms with E-state index in [0.29, 0.717) is 48.1 Å². The number of benzene rings is 2. The highest BCUT2D eigenvalue weighted by Gasteiger charge is 2.30. The first-order valence-electron chi connectivity index (χ1n) is 10.8. The van der Waals surface area contributed by atoms with Gasteiger partial charge in [0.2, 0.25) is 11.3 Å². The van der Waals surface area contributed by atoms with E-state index in [4.69, 9.17) is 13.9 Å². The molecular formula is C24H24FN3O3. The third-order valence-corrected chi connectivity index (χ3v) is 6.47. The van der Waals surface area contributed by atoms with E-state index in [1.165, 1.54) is 11.6 Å². The predicted octanol–water partition coefficient (Wildman–Crippen LogP) is 4.82. The number of aryl methyl sites for hydroxylation is 1. The van der Waals surface area contributed by atoms with Crippen LogP contribution in [0.1, 0.15) is 36.6 Å². The molecule has 31 heavy (non-hydrogen) atoms. The van der Waals surface area contributed by atoms with Gasteiger partial charge in [-0.15, -0.1) is 0 Å². The van der Waals surface area contributed by atoms with Crippen LogP contribution in [0.3, 0.4) is 0 Å². The van der Waals surface area contributed by atoms with Crippen LogP contribution in [-0.2, 0) is 0 Å². The van der Waals surface area contributed by atoms with Gasteiger partial charge in [-0.05, 0) is 61.1 Å². The summed E-state index contributed by atoms with van der Waals surface area (Å²) in [7, 11) is 0. The Bertz CT molecular complexity index is 1260. The summed E-state index contributed by atoms with van der Waals surface area (Å²) in [6.45, 7) is 3.02. The minimum absolute atomic E-state index is 0.0928. The first kappa shape index (κ1) is 18.7. The van der Waals surface area contributed by atoms with Crippen LogP contribution < -0.4 is 14.8 Å². The van der Waals surface area contributed by atoms with Gasteiger partial charge in [0.15, 0.2) is 11.6 Å². The molecule has 0 amide bonds. The zero-order valence-electron chi connectivity index (χ0n) is 17.3. The molecule has 1 saturated carbocycles. The maximum Gasteiger partial charge on any atom is 0.207 e. The molecule has 2 aromatic heterocycles. The lowest BCUT2D eigenvalue weighted by atomic mass is 9.97. The van der Waals surface area contributed by atoms with Crippen molar-refractivity contribution in [3.63, 3.8) is 0 Å². The lowest BCUT2D eigenvalue weighted by Gasteiger charge is -2.27. The summed E-state index contributed by atoms with van der Waals surface area (Å²) in [6.07, 6.45) is 5.15. The van der Waals surface area contributed by atoms with E-state index in [0.717, 1.165) is 35.7 Å². The number of aromatic nitrogens is 2. The number of halogens is 1. The highest BCUT2D eigenvalue weighted by atomic mass is 19.1. The van der Waals surface area contributed by atoms with E-state index in [9.17, 15) is 4.39 Å². The molecular weight excluding hydrogens is 397 g/mol. The van der Waals surface area contributed by atoms with Crippen molar-refractivity contribution in [1.82, 2.24) is 15.3 Å². The fourth-order valence-electron chi connectivity index (χ4n) is 4.97. The van der Waals surface area contributed by atoms with Crippen LogP contribution in [0.5, 0.6) is 11.5 Å². The molecule has 1 aliphatic heterocycles. The highest BCUT2D eigenvalue weighted by molar-refractivity contribution is 5.84. The predicted molar refractivity (Wildman–Crippen MR) is 115 cm³/mol. The maximum absolute atomic E-state index is 13.7. The number of nitrogens with one attached hydrogen (secondary N) is 2. The Hall–Kier alpha value is -3.06. The number of H-pyrrole nitrogens is 1. The zero-order valence-corrected chi connectivity index (χ0v) is 17.3. The molecule has 2 aliphatic rings. The fraction of sp³-hybridized carbons (Fsp3) is 0.375. The van der Waals surface area contributed by atoms with E-state index >= 15 is 0 Å². The monoisotopic (exact) mass is 421 g/mol. The number of ether oxygens (including phenoxy) is 2. The number of aromatic amines is 1. The summed E-state index contributed by atoms with van der Waals surface area (Å²) in [5, 5.41) is 4.65. The van der Waals surface area contributed by atoms with Crippen molar-refractivity contribution in [3.8, 4) is 11.5 Å². The summed E-state index contributed by atoms with van der Waals surface area (Å²) < 4.78 is 31.6. The molecule has 0 spiro atoms. The van der Waals surface area contributed by atoms with Crippen LogP contribution in [0.2, 0.25) is 0 Å². The molecule has 4 aromatic rings. The van der Waals surface area contributed by atoms with Gasteiger partial charge in [0, 0.05) is 36.6 Å². The molecule has 7 heteroatoms. The van der Waals surface area contributed by atoms with Crippen molar-refractivity contribution in [2.24, 2.45) is 0 Å². The van der Waals surface area contributed by atoms with Crippen molar-refractivity contribution in [3.05, 3.63) is 53.8 Å². The molecule has 2 aromatic carbocycles. The highest BCUT2D eigenvalue weighted by Crippen LogP contribution is 2.40. The Morgan fingerprint density at radius 3 is 3.10 bits per heavy atom. The van der Waals surface area contributed by atoms with Crippen LogP contribution in [0.4, 0.5) is 4.39 Å². The van der Waals surface area contributed by atoms with Crippen molar-refractivity contribution in [1.29, 1.82) is 0 Å². The first-order valence-corrected chi connectivity index (χ1v) is 10.8. The molecule has 2 unspecified atom stereocenters. The number of nitrogens with zero attached hydrogens (tertiary/aromatic N) is 1. The number of fused-ring (bicyclic) bond motifs is 4. The molecule has 0 bridgehead atoms. The summed E-state index contributed by atoms with van der Waals surface area (Å²) in [4.78, 5) is 7.65. The summed E-state index contributed by atoms with van der Waals surface area (Å²) >= 11 is 0. The van der Waals surface area contributed by atoms with Crippen molar-refractivity contribution >= 4 is 22.0 Å². The van der Waals surface area contributed by atoms with Crippen molar-refractivity contribution in [2.75, 3.05) is 13.2 Å². The number of rotatable bonds is 4. The molecule has 0 radical (unpaired) electrons. The van der Waals surface area contributed by atoms with Gasteiger partial charge in [-0.25, -0.2) is 9.37 Å². The topological polar surface area (TPSA) is 72.3 Å². The van der Waals surface area contributed by atoms with Crippen LogP contribution in [0.25, 0.3) is 22.0 Å².